The third-order valence-corrected chi connectivity index (χ3v) is 2.83. The van der Waals surface area contributed by atoms with Crippen LogP contribution in [0.2, 0.25) is 0 Å². The van der Waals surface area contributed by atoms with Crippen molar-refractivity contribution in [2.45, 2.75) is 20.8 Å². The fourth-order valence-electron chi connectivity index (χ4n) is 1.91. The molecule has 1 aromatic heterocycles. The zero-order valence-corrected chi connectivity index (χ0v) is 10.3. The lowest BCUT2D eigenvalue weighted by atomic mass is 9.97. The molecular weight excluding hydrogens is 210 g/mol. The highest BCUT2D eigenvalue weighted by molar-refractivity contribution is 5.95. The Morgan fingerprint density at radius 1 is 1.18 bits per heavy atom. The predicted molar refractivity (Wildman–Crippen MR) is 69.2 cm³/mol. The number of nitrogens with zero attached hydrogens (tertiary/aromatic N) is 1. The number of Topliss-reactive ketones (excluding diaryl/α,β-unsaturated/α-hetero) is 1. The van der Waals surface area contributed by atoms with Crippen LogP contribution in [0.4, 0.5) is 0 Å². The molecule has 0 fully saturated rings. The van der Waals surface area contributed by atoms with E-state index in [9.17, 15) is 4.79 Å². The van der Waals surface area contributed by atoms with Crippen LogP contribution in [0.15, 0.2) is 36.7 Å². The van der Waals surface area contributed by atoms with Gasteiger partial charge < -0.3 is 0 Å². The number of aromatic nitrogens is 1. The highest BCUT2D eigenvalue weighted by atomic mass is 16.1. The molecule has 0 aliphatic carbocycles. The molecule has 17 heavy (non-hydrogen) atoms. The van der Waals surface area contributed by atoms with Gasteiger partial charge in [-0.3, -0.25) is 9.78 Å². The van der Waals surface area contributed by atoms with Crippen LogP contribution >= 0.6 is 0 Å². The summed E-state index contributed by atoms with van der Waals surface area (Å²) in [6, 6.07) is 7.90. The van der Waals surface area contributed by atoms with Crippen LogP contribution in [0.1, 0.15) is 28.4 Å². The third-order valence-electron chi connectivity index (χ3n) is 2.83. The fourth-order valence-corrected chi connectivity index (χ4v) is 1.91. The molecule has 0 N–H and O–H groups in total. The highest BCUT2D eigenvalue weighted by Gasteiger charge is 2.06. The summed E-state index contributed by atoms with van der Waals surface area (Å²) >= 11 is 0. The standard InChI is InChI=1S/C15H15NO/c1-10-6-13(12(3)17)8-14(7-10)15-9-16-5-4-11(15)2/h4-9H,1-3H3. The number of pyridine rings is 1. The molecule has 0 saturated carbocycles. The second-order valence-electron chi connectivity index (χ2n) is 4.33. The van der Waals surface area contributed by atoms with Crippen LogP contribution in [-0.2, 0) is 0 Å². The van der Waals surface area contributed by atoms with Crippen LogP contribution < -0.4 is 0 Å². The lowest BCUT2D eigenvalue weighted by Crippen LogP contribution is -1.94. The average molecular weight is 225 g/mol. The first-order chi connectivity index (χ1) is 8.08. The Bertz CT molecular complexity index is 573. The first-order valence-electron chi connectivity index (χ1n) is 5.61. The fraction of sp³-hybridized carbons (Fsp3) is 0.200. The number of carbonyl (C=O) groups is 1. The predicted octanol–water partition coefficient (Wildman–Crippen LogP) is 3.57. The molecule has 0 aliphatic rings. The molecule has 0 saturated heterocycles. The van der Waals surface area contributed by atoms with E-state index in [4.69, 9.17) is 0 Å². The van der Waals surface area contributed by atoms with Gasteiger partial charge in [-0.25, -0.2) is 0 Å². The molecule has 86 valence electrons. The van der Waals surface area contributed by atoms with Crippen molar-refractivity contribution in [3.8, 4) is 11.1 Å². The van der Waals surface area contributed by atoms with Crippen molar-refractivity contribution < 1.29 is 4.79 Å². The maximum atomic E-state index is 11.5. The summed E-state index contributed by atoms with van der Waals surface area (Å²) in [6.45, 7) is 5.64. The van der Waals surface area contributed by atoms with Crippen molar-refractivity contribution in [3.63, 3.8) is 0 Å². The van der Waals surface area contributed by atoms with Crippen LogP contribution in [0.25, 0.3) is 11.1 Å². The summed E-state index contributed by atoms with van der Waals surface area (Å²) < 4.78 is 0. The van der Waals surface area contributed by atoms with Crippen molar-refractivity contribution >= 4 is 5.78 Å². The molecular formula is C15H15NO. The normalized spacial score (nSPS) is 10.3. The van der Waals surface area contributed by atoms with Crippen molar-refractivity contribution in [2.24, 2.45) is 0 Å². The number of hydrogen-bond acceptors (Lipinski definition) is 2. The van der Waals surface area contributed by atoms with E-state index in [-0.39, 0.29) is 5.78 Å². The lowest BCUT2D eigenvalue weighted by Gasteiger charge is -2.08. The summed E-state index contributed by atoms with van der Waals surface area (Å²) in [5.74, 6) is 0.0940. The van der Waals surface area contributed by atoms with E-state index in [1.54, 1.807) is 13.1 Å². The van der Waals surface area contributed by atoms with Gasteiger partial charge in [-0.05, 0) is 55.7 Å². The first kappa shape index (κ1) is 11.5. The van der Waals surface area contributed by atoms with Gasteiger partial charge in [0, 0.05) is 23.5 Å². The molecule has 0 aliphatic heterocycles. The summed E-state index contributed by atoms with van der Waals surface area (Å²) in [6.07, 6.45) is 3.62. The van der Waals surface area contributed by atoms with Gasteiger partial charge in [0.05, 0.1) is 0 Å². The quantitative estimate of drug-likeness (QED) is 0.731. The van der Waals surface area contributed by atoms with Gasteiger partial charge in [-0.1, -0.05) is 6.07 Å². The second kappa shape index (κ2) is 4.50. The Labute approximate surface area is 101 Å². The van der Waals surface area contributed by atoms with Gasteiger partial charge in [0.15, 0.2) is 5.78 Å². The smallest absolute Gasteiger partial charge is 0.159 e. The molecule has 0 spiro atoms. The van der Waals surface area contributed by atoms with Gasteiger partial charge in [0.1, 0.15) is 0 Å². The van der Waals surface area contributed by atoms with E-state index in [0.717, 1.165) is 22.3 Å². The minimum Gasteiger partial charge on any atom is -0.295 e. The number of benzene rings is 1. The Balaban J connectivity index is 2.60. The van der Waals surface area contributed by atoms with E-state index < -0.39 is 0 Å². The molecule has 2 nitrogen and oxygen atoms in total. The molecule has 2 aromatic rings. The molecule has 1 aromatic carbocycles. The van der Waals surface area contributed by atoms with Gasteiger partial charge in [-0.2, -0.15) is 0 Å². The maximum Gasteiger partial charge on any atom is 0.159 e. The minimum atomic E-state index is 0.0940. The van der Waals surface area contributed by atoms with Crippen LogP contribution in [0.5, 0.6) is 0 Å². The number of ketones is 1. The second-order valence-corrected chi connectivity index (χ2v) is 4.33. The van der Waals surface area contributed by atoms with Gasteiger partial charge in [-0.15, -0.1) is 0 Å². The number of carbonyl (C=O) groups excluding carboxylic acids is 1. The SMILES string of the molecule is CC(=O)c1cc(C)cc(-c2cnccc2C)c1. The van der Waals surface area contributed by atoms with E-state index in [2.05, 4.69) is 11.1 Å². The average Bonchev–Trinajstić information content (AvgIpc) is 2.28. The Morgan fingerprint density at radius 3 is 2.59 bits per heavy atom. The molecule has 1 heterocycles. The summed E-state index contributed by atoms with van der Waals surface area (Å²) in [4.78, 5) is 15.6. The van der Waals surface area contributed by atoms with E-state index in [1.165, 1.54) is 5.56 Å². The maximum absolute atomic E-state index is 11.5. The largest absolute Gasteiger partial charge is 0.295 e. The number of rotatable bonds is 2. The van der Waals surface area contributed by atoms with E-state index in [1.807, 2.05) is 38.2 Å². The minimum absolute atomic E-state index is 0.0940. The van der Waals surface area contributed by atoms with Crippen LogP contribution in [-0.4, -0.2) is 10.8 Å². The van der Waals surface area contributed by atoms with Crippen molar-refractivity contribution in [1.29, 1.82) is 0 Å². The number of hydrogen-bond donors (Lipinski definition) is 0. The molecule has 2 heteroatoms. The van der Waals surface area contributed by atoms with Gasteiger partial charge >= 0.3 is 0 Å². The Hall–Kier alpha value is -1.96. The lowest BCUT2D eigenvalue weighted by molar-refractivity contribution is 0.101. The monoisotopic (exact) mass is 225 g/mol. The van der Waals surface area contributed by atoms with Crippen LogP contribution in [0, 0.1) is 13.8 Å². The van der Waals surface area contributed by atoms with E-state index in [0.29, 0.717) is 0 Å². The molecule has 0 amide bonds. The summed E-state index contributed by atoms with van der Waals surface area (Å²) in [5, 5.41) is 0. The zero-order valence-electron chi connectivity index (χ0n) is 10.3. The summed E-state index contributed by atoms with van der Waals surface area (Å²) in [7, 11) is 0. The van der Waals surface area contributed by atoms with Crippen molar-refractivity contribution in [2.75, 3.05) is 0 Å². The first-order valence-corrected chi connectivity index (χ1v) is 5.61. The van der Waals surface area contributed by atoms with Gasteiger partial charge in [0.2, 0.25) is 0 Å². The van der Waals surface area contributed by atoms with Crippen molar-refractivity contribution in [3.05, 3.63) is 53.3 Å². The molecule has 2 rings (SSSR count). The highest BCUT2D eigenvalue weighted by Crippen LogP contribution is 2.24. The third kappa shape index (κ3) is 2.41. The molecule has 0 unspecified atom stereocenters. The van der Waals surface area contributed by atoms with Crippen molar-refractivity contribution in [1.82, 2.24) is 4.98 Å². The zero-order chi connectivity index (χ0) is 12.4. The van der Waals surface area contributed by atoms with Crippen LogP contribution in [0.3, 0.4) is 0 Å². The topological polar surface area (TPSA) is 30.0 Å². The Morgan fingerprint density at radius 2 is 1.94 bits per heavy atom. The van der Waals surface area contributed by atoms with E-state index >= 15 is 0 Å². The Kier molecular flexibility index (Phi) is 3.05. The van der Waals surface area contributed by atoms with Gasteiger partial charge in [0.25, 0.3) is 0 Å². The molecule has 0 radical (unpaired) electrons. The molecule has 0 atom stereocenters. The number of aryl methyl sites for hydroxylation is 2. The summed E-state index contributed by atoms with van der Waals surface area (Å²) in [5.41, 5.74) is 5.15. The molecule has 0 bridgehead atoms.